The first-order chi connectivity index (χ1) is 22.4. The SMILES string of the molecule is CC(=O)N1CCCC/C=C\Cn2c(=O)c3cnc(Nc4ccc5c(ccn5C5CCN(C(C)C)CC5)c4)nc3n2-c2cccc1c2. The van der Waals surface area contributed by atoms with E-state index in [-0.39, 0.29) is 11.5 Å². The highest BCUT2D eigenvalue weighted by molar-refractivity contribution is 5.92. The van der Waals surface area contributed by atoms with Gasteiger partial charge in [0, 0.05) is 73.3 Å². The molecule has 1 amide bonds. The van der Waals surface area contributed by atoms with Gasteiger partial charge < -0.3 is 19.7 Å². The van der Waals surface area contributed by atoms with Crippen molar-refractivity contribution < 1.29 is 4.79 Å². The van der Waals surface area contributed by atoms with Crippen LogP contribution < -0.4 is 15.8 Å². The molecule has 1 saturated heterocycles. The van der Waals surface area contributed by atoms with Gasteiger partial charge in [0.1, 0.15) is 5.39 Å². The zero-order valence-corrected chi connectivity index (χ0v) is 26.9. The quantitative estimate of drug-likeness (QED) is 0.234. The van der Waals surface area contributed by atoms with E-state index in [1.54, 1.807) is 22.7 Å². The number of benzene rings is 2. The van der Waals surface area contributed by atoms with Gasteiger partial charge in [-0.1, -0.05) is 18.2 Å². The minimum absolute atomic E-state index is 0.00467. The Kier molecular flexibility index (Phi) is 8.21. The van der Waals surface area contributed by atoms with Crippen molar-refractivity contribution >= 4 is 45.2 Å². The monoisotopic (exact) mass is 618 g/mol. The molecular weight excluding hydrogens is 576 g/mol. The van der Waals surface area contributed by atoms with Crippen molar-refractivity contribution in [2.24, 2.45) is 0 Å². The number of aromatic nitrogens is 5. The Bertz CT molecular complexity index is 1980. The summed E-state index contributed by atoms with van der Waals surface area (Å²) in [6, 6.07) is 17.4. The smallest absolute Gasteiger partial charge is 0.278 e. The lowest BCUT2D eigenvalue weighted by atomic mass is 10.0. The first kappa shape index (κ1) is 30.0. The van der Waals surface area contributed by atoms with Crippen molar-refractivity contribution in [2.75, 3.05) is 29.9 Å². The lowest BCUT2D eigenvalue weighted by Crippen LogP contribution is -2.38. The van der Waals surface area contributed by atoms with Crippen LogP contribution in [0.2, 0.25) is 0 Å². The summed E-state index contributed by atoms with van der Waals surface area (Å²) in [7, 11) is 0. The van der Waals surface area contributed by atoms with E-state index in [4.69, 9.17) is 4.98 Å². The fourth-order valence-corrected chi connectivity index (χ4v) is 6.97. The van der Waals surface area contributed by atoms with Crippen LogP contribution in [0, 0.1) is 0 Å². The van der Waals surface area contributed by atoms with Crippen LogP contribution >= 0.6 is 0 Å². The highest BCUT2D eigenvalue weighted by atomic mass is 16.2. The van der Waals surface area contributed by atoms with Crippen LogP contribution in [0.25, 0.3) is 27.6 Å². The molecule has 10 nitrogen and oxygen atoms in total. The van der Waals surface area contributed by atoms with Crippen molar-refractivity contribution in [3.8, 4) is 5.69 Å². The van der Waals surface area contributed by atoms with Gasteiger partial charge in [-0.15, -0.1) is 0 Å². The summed E-state index contributed by atoms with van der Waals surface area (Å²) in [5.41, 5.74) is 4.03. The van der Waals surface area contributed by atoms with Crippen molar-refractivity contribution in [1.29, 1.82) is 0 Å². The fourth-order valence-electron chi connectivity index (χ4n) is 6.97. The van der Waals surface area contributed by atoms with Gasteiger partial charge in [0.25, 0.3) is 5.56 Å². The number of allylic oxidation sites excluding steroid dienone is 2. The lowest BCUT2D eigenvalue weighted by molar-refractivity contribution is -0.116. The number of hydrogen-bond acceptors (Lipinski definition) is 6. The van der Waals surface area contributed by atoms with E-state index in [9.17, 15) is 9.59 Å². The number of piperidine rings is 1. The predicted molar refractivity (Wildman–Crippen MR) is 184 cm³/mol. The number of fused-ring (bicyclic) bond motifs is 7. The van der Waals surface area contributed by atoms with E-state index in [0.29, 0.717) is 42.2 Å². The summed E-state index contributed by atoms with van der Waals surface area (Å²) in [4.78, 5) is 40.0. The molecule has 0 spiro atoms. The number of carbonyl (C=O) groups excluding carboxylic acids is 1. The number of rotatable bonds is 4. The number of likely N-dealkylation sites (tertiary alicyclic amines) is 1. The molecule has 1 fully saturated rings. The molecular formula is C36H42N8O2. The number of anilines is 3. The normalized spacial score (nSPS) is 17.4. The Balaban J connectivity index is 1.22. The molecule has 46 heavy (non-hydrogen) atoms. The van der Waals surface area contributed by atoms with Crippen molar-refractivity contribution in [3.05, 3.63) is 83.4 Å². The van der Waals surface area contributed by atoms with Gasteiger partial charge in [-0.05, 0) is 88.4 Å². The summed E-state index contributed by atoms with van der Waals surface area (Å²) in [6.07, 6.45) is 13.0. The minimum Gasteiger partial charge on any atom is -0.344 e. The molecule has 2 aliphatic rings. The van der Waals surface area contributed by atoms with E-state index in [1.807, 2.05) is 35.0 Å². The number of hydrogen-bond donors (Lipinski definition) is 1. The molecule has 0 unspecified atom stereocenters. The third-order valence-corrected chi connectivity index (χ3v) is 9.49. The number of nitrogens with zero attached hydrogens (tertiary/aromatic N) is 7. The molecule has 0 atom stereocenters. The van der Waals surface area contributed by atoms with Crippen molar-refractivity contribution in [2.45, 2.75) is 71.5 Å². The number of carbonyl (C=O) groups is 1. The topological polar surface area (TPSA) is 93.2 Å². The maximum Gasteiger partial charge on any atom is 0.278 e. The Morgan fingerprint density at radius 2 is 1.80 bits per heavy atom. The molecule has 5 aromatic rings. The van der Waals surface area contributed by atoms with Crippen molar-refractivity contribution in [1.82, 2.24) is 28.8 Å². The maximum absolute atomic E-state index is 13.7. The second-order valence-corrected chi connectivity index (χ2v) is 12.8. The number of nitrogens with one attached hydrogen (secondary N) is 1. The van der Waals surface area contributed by atoms with Crippen LogP contribution in [0.1, 0.15) is 58.9 Å². The van der Waals surface area contributed by atoms with Gasteiger partial charge in [-0.3, -0.25) is 9.59 Å². The Hall–Kier alpha value is -4.70. The van der Waals surface area contributed by atoms with Crippen LogP contribution in [0.15, 0.2) is 77.9 Å². The summed E-state index contributed by atoms with van der Waals surface area (Å²) in [6.45, 7) is 9.46. The standard InChI is InChI=1S/C36H42N8O2/c1-25(2)40-19-15-29(16-20-40)42-21-14-27-22-28(12-13-33(27)42)38-36-37-24-32-34(39-36)44-31-11-9-10-30(23-31)41(26(3)45)17-7-5-4-6-8-18-43(44)35(32)46/h6,8-14,21-25,29H,4-5,7,15-20H2,1-3H3,(H,37,38,39)/b8-6-. The molecule has 7 rings (SSSR count). The van der Waals surface area contributed by atoms with E-state index >= 15 is 0 Å². The van der Waals surface area contributed by atoms with Crippen LogP contribution in [-0.2, 0) is 11.3 Å². The Morgan fingerprint density at radius 1 is 0.978 bits per heavy atom. The molecule has 5 heterocycles. The van der Waals surface area contributed by atoms with Crippen LogP contribution in [-0.4, -0.2) is 60.4 Å². The van der Waals surface area contributed by atoms with Crippen LogP contribution in [0.4, 0.5) is 17.3 Å². The third-order valence-electron chi connectivity index (χ3n) is 9.49. The second kappa shape index (κ2) is 12.6. The second-order valence-electron chi connectivity index (χ2n) is 12.8. The molecule has 2 aromatic carbocycles. The largest absolute Gasteiger partial charge is 0.344 e. The Morgan fingerprint density at radius 3 is 2.61 bits per heavy atom. The summed E-state index contributed by atoms with van der Waals surface area (Å²) in [5, 5.41) is 4.99. The van der Waals surface area contributed by atoms with Crippen molar-refractivity contribution in [3.63, 3.8) is 0 Å². The molecule has 0 aliphatic carbocycles. The van der Waals surface area contributed by atoms with E-state index in [2.05, 4.69) is 70.2 Å². The Labute approximate surface area is 268 Å². The average molecular weight is 619 g/mol. The van der Waals surface area contributed by atoms with Gasteiger partial charge in [0.2, 0.25) is 11.9 Å². The van der Waals surface area contributed by atoms with Gasteiger partial charge in [-0.25, -0.2) is 14.3 Å². The lowest BCUT2D eigenvalue weighted by Gasteiger charge is -2.35. The van der Waals surface area contributed by atoms with E-state index < -0.39 is 0 Å². The zero-order valence-electron chi connectivity index (χ0n) is 26.9. The first-order valence-corrected chi connectivity index (χ1v) is 16.5. The van der Waals surface area contributed by atoms with Gasteiger partial charge in [0.05, 0.1) is 12.2 Å². The summed E-state index contributed by atoms with van der Waals surface area (Å²) in [5.74, 6) is 0.406. The van der Waals surface area contributed by atoms with E-state index in [0.717, 1.165) is 67.6 Å². The highest BCUT2D eigenvalue weighted by Gasteiger charge is 2.23. The van der Waals surface area contributed by atoms with Gasteiger partial charge in [0.15, 0.2) is 5.65 Å². The molecule has 1 N–H and O–H groups in total. The number of amides is 1. The average Bonchev–Trinajstić information content (AvgIpc) is 3.60. The first-order valence-electron chi connectivity index (χ1n) is 16.5. The van der Waals surface area contributed by atoms with Crippen LogP contribution in [0.3, 0.4) is 0 Å². The molecule has 3 aromatic heterocycles. The fraction of sp³-hybridized carbons (Fsp3) is 0.389. The maximum atomic E-state index is 13.7. The molecule has 2 aliphatic heterocycles. The van der Waals surface area contributed by atoms with E-state index in [1.165, 1.54) is 5.52 Å². The summed E-state index contributed by atoms with van der Waals surface area (Å²) >= 11 is 0. The summed E-state index contributed by atoms with van der Waals surface area (Å²) < 4.78 is 5.97. The van der Waals surface area contributed by atoms with Crippen LogP contribution in [0.5, 0.6) is 0 Å². The minimum atomic E-state index is -0.156. The highest BCUT2D eigenvalue weighted by Crippen LogP contribution is 2.31. The van der Waals surface area contributed by atoms with Gasteiger partial charge in [-0.2, -0.15) is 4.98 Å². The molecule has 10 heteroatoms. The molecule has 0 saturated carbocycles. The zero-order chi connectivity index (χ0) is 31.8. The third kappa shape index (κ3) is 5.73. The molecule has 0 radical (unpaired) electrons. The molecule has 2 bridgehead atoms. The van der Waals surface area contributed by atoms with Gasteiger partial charge >= 0.3 is 0 Å². The molecule has 238 valence electrons. The predicted octanol–water partition coefficient (Wildman–Crippen LogP) is 6.42.